The Morgan fingerprint density at radius 1 is 0.750 bits per heavy atom. The molecule has 142 valence electrons. The molecule has 2 fully saturated rings. The fourth-order valence-corrected chi connectivity index (χ4v) is 6.16. The second kappa shape index (κ2) is 11.6. The lowest BCUT2D eigenvalue weighted by molar-refractivity contribution is 0.150. The van der Waals surface area contributed by atoms with E-state index in [9.17, 15) is 0 Å². The van der Waals surface area contributed by atoms with E-state index in [4.69, 9.17) is 0 Å². The van der Waals surface area contributed by atoms with E-state index in [1.54, 1.807) is 6.42 Å². The minimum atomic E-state index is 0.964. The quantitative estimate of drug-likeness (QED) is 0.333. The van der Waals surface area contributed by atoms with Crippen molar-refractivity contribution >= 4 is 0 Å². The first kappa shape index (κ1) is 20.3. The SMILES string of the molecule is CCCCCC(CC1CCCC1)C(CC)C(C)CC1CCCCC1. The van der Waals surface area contributed by atoms with Crippen LogP contribution in [0.2, 0.25) is 0 Å². The molecule has 0 aromatic rings. The number of hydrogen-bond donors (Lipinski definition) is 0. The largest absolute Gasteiger partial charge is 0.0654 e. The fourth-order valence-electron chi connectivity index (χ4n) is 6.16. The molecule has 0 aliphatic heterocycles. The van der Waals surface area contributed by atoms with Gasteiger partial charge in [-0.3, -0.25) is 0 Å². The molecule has 24 heavy (non-hydrogen) atoms. The molecule has 0 heterocycles. The maximum Gasteiger partial charge on any atom is -0.0362 e. The second-order valence-electron chi connectivity index (χ2n) is 9.43. The molecular formula is C24H46. The van der Waals surface area contributed by atoms with Crippen molar-refractivity contribution < 1.29 is 0 Å². The van der Waals surface area contributed by atoms with Gasteiger partial charge in [-0.2, -0.15) is 0 Å². The van der Waals surface area contributed by atoms with Crippen LogP contribution in [0.1, 0.15) is 124 Å². The average Bonchev–Trinajstić information content (AvgIpc) is 3.09. The molecule has 0 spiro atoms. The Bertz CT molecular complexity index is 295. The molecule has 0 bridgehead atoms. The van der Waals surface area contributed by atoms with Crippen LogP contribution in [0.25, 0.3) is 0 Å². The van der Waals surface area contributed by atoms with Gasteiger partial charge in [0, 0.05) is 0 Å². The Balaban J connectivity index is 1.90. The lowest BCUT2D eigenvalue weighted by Crippen LogP contribution is -2.25. The molecule has 0 aromatic heterocycles. The van der Waals surface area contributed by atoms with E-state index in [0.717, 1.165) is 29.6 Å². The lowest BCUT2D eigenvalue weighted by atomic mass is 9.70. The zero-order chi connectivity index (χ0) is 17.2. The van der Waals surface area contributed by atoms with Crippen LogP contribution in [-0.4, -0.2) is 0 Å². The van der Waals surface area contributed by atoms with Crippen LogP contribution in [0.4, 0.5) is 0 Å². The maximum atomic E-state index is 2.62. The summed E-state index contributed by atoms with van der Waals surface area (Å²) in [7, 11) is 0. The average molecular weight is 335 g/mol. The number of hydrogen-bond acceptors (Lipinski definition) is 0. The van der Waals surface area contributed by atoms with Crippen molar-refractivity contribution in [2.24, 2.45) is 29.6 Å². The second-order valence-corrected chi connectivity index (χ2v) is 9.43. The Morgan fingerprint density at radius 2 is 1.33 bits per heavy atom. The van der Waals surface area contributed by atoms with Crippen LogP contribution in [0, 0.1) is 29.6 Å². The Kier molecular flexibility index (Phi) is 9.80. The standard InChI is InChI=1S/C24H46/c1-4-6-8-17-23(19-22-15-11-12-16-22)24(5-2)20(3)18-21-13-9-7-10-14-21/h20-24H,4-19H2,1-3H3. The molecule has 2 rings (SSSR count). The summed E-state index contributed by atoms with van der Waals surface area (Å²) in [5, 5.41) is 0. The molecule has 0 radical (unpaired) electrons. The lowest BCUT2D eigenvalue weighted by Gasteiger charge is -2.35. The summed E-state index contributed by atoms with van der Waals surface area (Å²) in [6, 6.07) is 0. The van der Waals surface area contributed by atoms with Crippen LogP contribution >= 0.6 is 0 Å². The summed E-state index contributed by atoms with van der Waals surface area (Å²) in [5.74, 6) is 5.14. The van der Waals surface area contributed by atoms with Crippen LogP contribution in [0.5, 0.6) is 0 Å². The summed E-state index contributed by atoms with van der Waals surface area (Å²) in [5.41, 5.74) is 0. The van der Waals surface area contributed by atoms with Crippen LogP contribution in [-0.2, 0) is 0 Å². The van der Waals surface area contributed by atoms with Crippen molar-refractivity contribution in [1.82, 2.24) is 0 Å². The zero-order valence-electron chi connectivity index (χ0n) is 17.2. The van der Waals surface area contributed by atoms with Crippen LogP contribution in [0.15, 0.2) is 0 Å². The molecule has 0 amide bonds. The van der Waals surface area contributed by atoms with Crippen molar-refractivity contribution in [2.45, 2.75) is 124 Å². The van der Waals surface area contributed by atoms with E-state index < -0.39 is 0 Å². The van der Waals surface area contributed by atoms with Gasteiger partial charge in [-0.1, -0.05) is 111 Å². The molecule has 2 saturated carbocycles. The summed E-state index contributed by atoms with van der Waals surface area (Å²) in [6.07, 6.45) is 24.1. The van der Waals surface area contributed by atoms with E-state index in [1.165, 1.54) is 96.3 Å². The molecular weight excluding hydrogens is 288 g/mol. The van der Waals surface area contributed by atoms with Crippen molar-refractivity contribution in [2.75, 3.05) is 0 Å². The molecule has 3 atom stereocenters. The first-order chi connectivity index (χ1) is 11.7. The van der Waals surface area contributed by atoms with E-state index >= 15 is 0 Å². The maximum absolute atomic E-state index is 2.62. The molecule has 0 nitrogen and oxygen atoms in total. The molecule has 0 aromatic carbocycles. The van der Waals surface area contributed by atoms with Crippen molar-refractivity contribution in [3.8, 4) is 0 Å². The van der Waals surface area contributed by atoms with Gasteiger partial charge < -0.3 is 0 Å². The third kappa shape index (κ3) is 6.72. The van der Waals surface area contributed by atoms with Gasteiger partial charge in [0.25, 0.3) is 0 Å². The van der Waals surface area contributed by atoms with Gasteiger partial charge in [0.2, 0.25) is 0 Å². The van der Waals surface area contributed by atoms with E-state index in [1.807, 2.05) is 0 Å². The van der Waals surface area contributed by atoms with Gasteiger partial charge in [-0.25, -0.2) is 0 Å². The minimum absolute atomic E-state index is 0.964. The zero-order valence-corrected chi connectivity index (χ0v) is 17.2. The van der Waals surface area contributed by atoms with Crippen molar-refractivity contribution in [1.29, 1.82) is 0 Å². The Morgan fingerprint density at radius 3 is 1.92 bits per heavy atom. The first-order valence-electron chi connectivity index (χ1n) is 11.7. The number of unbranched alkanes of at least 4 members (excludes halogenated alkanes) is 2. The highest BCUT2D eigenvalue weighted by Crippen LogP contribution is 2.41. The van der Waals surface area contributed by atoms with E-state index in [-0.39, 0.29) is 0 Å². The van der Waals surface area contributed by atoms with Crippen molar-refractivity contribution in [3.05, 3.63) is 0 Å². The van der Waals surface area contributed by atoms with Gasteiger partial charge in [0.15, 0.2) is 0 Å². The Labute approximate surface area is 153 Å². The molecule has 3 unspecified atom stereocenters. The smallest absolute Gasteiger partial charge is 0.0362 e. The van der Waals surface area contributed by atoms with Gasteiger partial charge in [-0.05, 0) is 42.4 Å². The number of rotatable bonds is 11. The van der Waals surface area contributed by atoms with Gasteiger partial charge in [0.05, 0.1) is 0 Å². The van der Waals surface area contributed by atoms with Gasteiger partial charge >= 0.3 is 0 Å². The van der Waals surface area contributed by atoms with E-state index in [2.05, 4.69) is 20.8 Å². The summed E-state index contributed by atoms with van der Waals surface area (Å²) >= 11 is 0. The third-order valence-corrected chi connectivity index (χ3v) is 7.53. The first-order valence-corrected chi connectivity index (χ1v) is 11.7. The molecule has 2 aliphatic rings. The van der Waals surface area contributed by atoms with Gasteiger partial charge in [0.1, 0.15) is 0 Å². The predicted octanol–water partition coefficient (Wildman–Crippen LogP) is 8.40. The topological polar surface area (TPSA) is 0 Å². The predicted molar refractivity (Wildman–Crippen MR) is 108 cm³/mol. The highest BCUT2D eigenvalue weighted by atomic mass is 14.4. The third-order valence-electron chi connectivity index (χ3n) is 7.53. The molecule has 0 saturated heterocycles. The van der Waals surface area contributed by atoms with Crippen LogP contribution in [0.3, 0.4) is 0 Å². The summed E-state index contributed by atoms with van der Waals surface area (Å²) in [4.78, 5) is 0. The van der Waals surface area contributed by atoms with Crippen LogP contribution < -0.4 is 0 Å². The van der Waals surface area contributed by atoms with Crippen molar-refractivity contribution in [3.63, 3.8) is 0 Å². The summed E-state index contributed by atoms with van der Waals surface area (Å²) < 4.78 is 0. The molecule has 2 aliphatic carbocycles. The summed E-state index contributed by atoms with van der Waals surface area (Å²) in [6.45, 7) is 7.46. The molecule has 0 heteroatoms. The normalized spacial score (nSPS) is 24.1. The van der Waals surface area contributed by atoms with E-state index in [0.29, 0.717) is 0 Å². The highest BCUT2D eigenvalue weighted by Gasteiger charge is 2.30. The highest BCUT2D eigenvalue weighted by molar-refractivity contribution is 4.81. The van der Waals surface area contributed by atoms with Gasteiger partial charge in [-0.15, -0.1) is 0 Å². The Hall–Kier alpha value is 0. The molecule has 0 N–H and O–H groups in total. The fraction of sp³-hybridized carbons (Fsp3) is 1.00. The minimum Gasteiger partial charge on any atom is -0.0654 e. The monoisotopic (exact) mass is 334 g/mol.